The molecule has 2 N–H and O–H groups in total. The Bertz CT molecular complexity index is 625. The molecule has 1 fully saturated rings. The van der Waals surface area contributed by atoms with Crippen molar-refractivity contribution in [3.05, 3.63) is 29.6 Å². The highest BCUT2D eigenvalue weighted by atomic mass is 32.2. The first-order valence-corrected chi connectivity index (χ1v) is 7.78. The summed E-state index contributed by atoms with van der Waals surface area (Å²) in [6.45, 7) is 1.57. The Kier molecular flexibility index (Phi) is 4.10. The number of hydrogen-bond donors (Lipinski definition) is 2. The molecule has 0 saturated heterocycles. The number of rotatable bonds is 6. The molecule has 1 aromatic rings. The number of sulfonamides is 1. The number of aryl methyl sites for hydroxylation is 1. The predicted octanol–water partition coefficient (Wildman–Crippen LogP) is 1.67. The Balaban J connectivity index is 2.25. The molecule has 110 valence electrons. The lowest BCUT2D eigenvalue weighted by molar-refractivity contribution is -0.137. The summed E-state index contributed by atoms with van der Waals surface area (Å²) in [5, 5.41) is 8.83. The van der Waals surface area contributed by atoms with Crippen LogP contribution in [0.4, 0.5) is 4.39 Å². The molecule has 0 bridgehead atoms. The minimum Gasteiger partial charge on any atom is -0.481 e. The van der Waals surface area contributed by atoms with E-state index in [-0.39, 0.29) is 17.2 Å². The molecule has 1 atom stereocenters. The van der Waals surface area contributed by atoms with Gasteiger partial charge in [0.2, 0.25) is 10.0 Å². The van der Waals surface area contributed by atoms with E-state index in [4.69, 9.17) is 5.11 Å². The zero-order valence-electron chi connectivity index (χ0n) is 11.0. The van der Waals surface area contributed by atoms with Gasteiger partial charge in [0.05, 0.1) is 11.3 Å². The van der Waals surface area contributed by atoms with Gasteiger partial charge in [-0.2, -0.15) is 0 Å². The van der Waals surface area contributed by atoms with Gasteiger partial charge in [-0.15, -0.1) is 0 Å². The number of nitrogens with one attached hydrogen (secondary N) is 1. The Hall–Kier alpha value is -1.47. The van der Waals surface area contributed by atoms with Gasteiger partial charge in [-0.1, -0.05) is 6.07 Å². The predicted molar refractivity (Wildman–Crippen MR) is 70.2 cm³/mol. The van der Waals surface area contributed by atoms with Crippen molar-refractivity contribution in [1.29, 1.82) is 0 Å². The Morgan fingerprint density at radius 3 is 2.70 bits per heavy atom. The van der Waals surface area contributed by atoms with Gasteiger partial charge in [0.1, 0.15) is 5.82 Å². The molecule has 7 heteroatoms. The van der Waals surface area contributed by atoms with E-state index in [1.807, 2.05) is 0 Å². The lowest BCUT2D eigenvalue weighted by Crippen LogP contribution is -2.38. The summed E-state index contributed by atoms with van der Waals surface area (Å²) in [5.74, 6) is -1.65. The largest absolute Gasteiger partial charge is 0.481 e. The van der Waals surface area contributed by atoms with Crippen LogP contribution in [-0.2, 0) is 14.8 Å². The number of carboxylic acids is 1. The first-order chi connectivity index (χ1) is 9.29. The van der Waals surface area contributed by atoms with Crippen molar-refractivity contribution < 1.29 is 22.7 Å². The van der Waals surface area contributed by atoms with Crippen LogP contribution in [-0.4, -0.2) is 25.5 Å². The van der Waals surface area contributed by atoms with E-state index < -0.39 is 27.9 Å². The maximum atomic E-state index is 13.2. The second kappa shape index (κ2) is 5.49. The normalized spacial score (nSPS) is 16.9. The highest BCUT2D eigenvalue weighted by molar-refractivity contribution is 7.89. The van der Waals surface area contributed by atoms with Gasteiger partial charge in [0, 0.05) is 6.04 Å². The Morgan fingerprint density at radius 1 is 1.50 bits per heavy atom. The van der Waals surface area contributed by atoms with Gasteiger partial charge in [-0.3, -0.25) is 4.79 Å². The summed E-state index contributed by atoms with van der Waals surface area (Å²) in [6, 6.07) is 2.87. The van der Waals surface area contributed by atoms with Gasteiger partial charge >= 0.3 is 5.97 Å². The summed E-state index contributed by atoms with van der Waals surface area (Å²) in [4.78, 5) is 10.6. The molecular weight excluding hydrogens is 285 g/mol. The summed E-state index contributed by atoms with van der Waals surface area (Å²) in [6.07, 6.45) is 1.35. The van der Waals surface area contributed by atoms with Crippen LogP contribution in [0.3, 0.4) is 0 Å². The molecule has 0 heterocycles. The second-order valence-electron chi connectivity index (χ2n) is 5.07. The molecule has 20 heavy (non-hydrogen) atoms. The molecule has 0 aliphatic heterocycles. The molecule has 5 nitrogen and oxygen atoms in total. The summed E-state index contributed by atoms with van der Waals surface area (Å²) >= 11 is 0. The molecule has 0 aromatic heterocycles. The number of hydrogen-bond acceptors (Lipinski definition) is 3. The lowest BCUT2D eigenvalue weighted by atomic mass is 10.1. The maximum absolute atomic E-state index is 13.2. The monoisotopic (exact) mass is 301 g/mol. The molecule has 0 spiro atoms. The number of benzene rings is 1. The number of carbonyl (C=O) groups is 1. The Morgan fingerprint density at radius 2 is 2.15 bits per heavy atom. The topological polar surface area (TPSA) is 83.5 Å². The van der Waals surface area contributed by atoms with Crippen LogP contribution in [0.5, 0.6) is 0 Å². The van der Waals surface area contributed by atoms with Crippen LogP contribution < -0.4 is 4.72 Å². The van der Waals surface area contributed by atoms with Crippen LogP contribution >= 0.6 is 0 Å². The van der Waals surface area contributed by atoms with Crippen molar-refractivity contribution in [3.8, 4) is 0 Å². The number of halogens is 1. The van der Waals surface area contributed by atoms with E-state index in [1.165, 1.54) is 12.1 Å². The lowest BCUT2D eigenvalue weighted by Gasteiger charge is -2.17. The zero-order chi connectivity index (χ0) is 14.9. The molecule has 1 unspecified atom stereocenters. The summed E-state index contributed by atoms with van der Waals surface area (Å²) in [7, 11) is -3.92. The van der Waals surface area contributed by atoms with Crippen LogP contribution in [0.15, 0.2) is 23.1 Å². The van der Waals surface area contributed by atoms with E-state index in [1.54, 1.807) is 6.92 Å². The first kappa shape index (κ1) is 14.9. The summed E-state index contributed by atoms with van der Waals surface area (Å²) < 4.78 is 40.1. The third-order valence-corrected chi connectivity index (χ3v) is 4.96. The molecular formula is C13H16FNO4S. The van der Waals surface area contributed by atoms with Crippen LogP contribution in [0.25, 0.3) is 0 Å². The summed E-state index contributed by atoms with van der Waals surface area (Å²) in [5.41, 5.74) is 0.420. The highest BCUT2D eigenvalue weighted by Gasteiger charge is 2.36. The van der Waals surface area contributed by atoms with E-state index in [9.17, 15) is 17.6 Å². The third-order valence-electron chi connectivity index (χ3n) is 3.33. The smallest absolute Gasteiger partial charge is 0.304 e. The van der Waals surface area contributed by atoms with Crippen LogP contribution in [0, 0.1) is 18.7 Å². The number of aliphatic carboxylic acids is 1. The fourth-order valence-corrected chi connectivity index (χ4v) is 3.68. The first-order valence-electron chi connectivity index (χ1n) is 6.30. The minimum absolute atomic E-state index is 0.0507. The molecule has 1 saturated carbocycles. The Labute approximate surface area is 116 Å². The fraction of sp³-hybridized carbons (Fsp3) is 0.462. The van der Waals surface area contributed by atoms with Crippen LogP contribution in [0.1, 0.15) is 24.8 Å². The zero-order valence-corrected chi connectivity index (χ0v) is 11.8. The van der Waals surface area contributed by atoms with E-state index in [2.05, 4.69) is 4.72 Å². The van der Waals surface area contributed by atoms with Crippen molar-refractivity contribution in [3.63, 3.8) is 0 Å². The van der Waals surface area contributed by atoms with Gasteiger partial charge < -0.3 is 5.11 Å². The molecule has 0 amide bonds. The maximum Gasteiger partial charge on any atom is 0.304 e. The van der Waals surface area contributed by atoms with E-state index in [0.717, 1.165) is 18.9 Å². The molecule has 2 rings (SSSR count). The molecule has 1 aliphatic rings. The van der Waals surface area contributed by atoms with Crippen molar-refractivity contribution >= 4 is 16.0 Å². The fourth-order valence-electron chi connectivity index (χ4n) is 2.12. The third kappa shape index (κ3) is 3.55. The van der Waals surface area contributed by atoms with Crippen LogP contribution in [0.2, 0.25) is 0 Å². The average Bonchev–Trinajstić information content (AvgIpc) is 3.14. The highest BCUT2D eigenvalue weighted by Crippen LogP contribution is 2.35. The number of carboxylic acid groups (broad SMARTS) is 1. The minimum atomic E-state index is -3.92. The quantitative estimate of drug-likeness (QED) is 0.837. The van der Waals surface area contributed by atoms with Crippen molar-refractivity contribution in [1.82, 2.24) is 4.72 Å². The molecule has 1 aromatic carbocycles. The molecule has 1 aliphatic carbocycles. The SMILES string of the molecule is Cc1ccc(F)cc1S(=O)(=O)NC(CC(=O)O)C1CC1. The molecule has 0 radical (unpaired) electrons. The van der Waals surface area contributed by atoms with Gasteiger partial charge in [0.25, 0.3) is 0 Å². The van der Waals surface area contributed by atoms with Gasteiger partial charge in [0.15, 0.2) is 0 Å². The van der Waals surface area contributed by atoms with E-state index in [0.29, 0.717) is 5.56 Å². The average molecular weight is 301 g/mol. The van der Waals surface area contributed by atoms with E-state index >= 15 is 0 Å². The second-order valence-corrected chi connectivity index (χ2v) is 6.76. The van der Waals surface area contributed by atoms with Crippen molar-refractivity contribution in [2.75, 3.05) is 0 Å². The standard InChI is InChI=1S/C13H16FNO4S/c1-8-2-5-10(14)6-12(8)20(18,19)15-11(7-13(16)17)9-3-4-9/h2,5-6,9,11,15H,3-4,7H2,1H3,(H,16,17). The van der Waals surface area contributed by atoms with Gasteiger partial charge in [-0.25, -0.2) is 17.5 Å². The van der Waals surface area contributed by atoms with Crippen molar-refractivity contribution in [2.24, 2.45) is 5.92 Å². The van der Waals surface area contributed by atoms with Gasteiger partial charge in [-0.05, 0) is 43.4 Å². The van der Waals surface area contributed by atoms with Crippen molar-refractivity contribution in [2.45, 2.75) is 37.1 Å².